The van der Waals surface area contributed by atoms with Gasteiger partial charge in [-0.2, -0.15) is 13.2 Å². The summed E-state index contributed by atoms with van der Waals surface area (Å²) in [5.41, 5.74) is -0.528. The van der Waals surface area contributed by atoms with E-state index >= 15 is 0 Å². The van der Waals surface area contributed by atoms with Crippen LogP contribution in [0.25, 0.3) is 11.4 Å². The molecule has 158 valence electrons. The van der Waals surface area contributed by atoms with Gasteiger partial charge in [-0.25, -0.2) is 14.4 Å². The third-order valence-corrected chi connectivity index (χ3v) is 3.85. The highest BCUT2D eigenvalue weighted by Gasteiger charge is 2.32. The molecule has 6 nitrogen and oxygen atoms in total. The second-order valence-electron chi connectivity index (χ2n) is 6.69. The SMILES string of the molecule is COc1cc(F)cc(-c2nc(Nc3ccnc(C(F)(F)F)c3)cc(NC(C)C)n2)c1. The summed E-state index contributed by atoms with van der Waals surface area (Å²) in [4.78, 5) is 12.0. The van der Waals surface area contributed by atoms with Crippen molar-refractivity contribution in [2.75, 3.05) is 17.7 Å². The number of nitrogens with one attached hydrogen (secondary N) is 2. The zero-order chi connectivity index (χ0) is 21.9. The van der Waals surface area contributed by atoms with Gasteiger partial charge in [0.2, 0.25) is 0 Å². The van der Waals surface area contributed by atoms with E-state index in [-0.39, 0.29) is 29.1 Å². The van der Waals surface area contributed by atoms with Crippen LogP contribution in [0.4, 0.5) is 34.9 Å². The van der Waals surface area contributed by atoms with Crippen LogP contribution in [-0.4, -0.2) is 28.1 Å². The lowest BCUT2D eigenvalue weighted by atomic mass is 10.2. The number of aromatic nitrogens is 3. The van der Waals surface area contributed by atoms with E-state index in [1.165, 1.54) is 25.3 Å². The smallest absolute Gasteiger partial charge is 0.433 e. The molecule has 0 aliphatic heterocycles. The number of alkyl halides is 3. The van der Waals surface area contributed by atoms with Crippen molar-refractivity contribution in [2.45, 2.75) is 26.1 Å². The zero-order valence-electron chi connectivity index (χ0n) is 16.4. The molecule has 0 radical (unpaired) electrons. The van der Waals surface area contributed by atoms with Crippen LogP contribution in [0.3, 0.4) is 0 Å². The Hall–Kier alpha value is -3.43. The number of anilines is 3. The van der Waals surface area contributed by atoms with Gasteiger partial charge in [-0.3, -0.25) is 4.98 Å². The maximum absolute atomic E-state index is 13.9. The van der Waals surface area contributed by atoms with Crippen LogP contribution in [0.2, 0.25) is 0 Å². The molecular weight excluding hydrogens is 402 g/mol. The van der Waals surface area contributed by atoms with Gasteiger partial charge < -0.3 is 15.4 Å². The molecule has 3 rings (SSSR count). The third kappa shape index (κ3) is 5.34. The number of pyridine rings is 1. The van der Waals surface area contributed by atoms with Gasteiger partial charge in [-0.1, -0.05) is 0 Å². The monoisotopic (exact) mass is 421 g/mol. The van der Waals surface area contributed by atoms with Crippen molar-refractivity contribution >= 4 is 17.3 Å². The molecule has 2 heterocycles. The van der Waals surface area contributed by atoms with Crippen molar-refractivity contribution in [2.24, 2.45) is 0 Å². The molecule has 0 unspecified atom stereocenters. The molecule has 3 aromatic rings. The maximum Gasteiger partial charge on any atom is 0.433 e. The fraction of sp³-hybridized carbons (Fsp3) is 0.250. The minimum Gasteiger partial charge on any atom is -0.497 e. The molecule has 0 amide bonds. The van der Waals surface area contributed by atoms with Crippen molar-refractivity contribution in [3.05, 3.63) is 54.1 Å². The number of rotatable bonds is 6. The van der Waals surface area contributed by atoms with Crippen LogP contribution < -0.4 is 15.4 Å². The van der Waals surface area contributed by atoms with Gasteiger partial charge in [0.15, 0.2) is 5.82 Å². The largest absolute Gasteiger partial charge is 0.497 e. The van der Waals surface area contributed by atoms with Crippen LogP contribution in [0.1, 0.15) is 19.5 Å². The fourth-order valence-corrected chi connectivity index (χ4v) is 2.63. The number of ether oxygens (including phenoxy) is 1. The molecule has 0 bridgehead atoms. The lowest BCUT2D eigenvalue weighted by Crippen LogP contribution is -2.12. The van der Waals surface area contributed by atoms with E-state index in [9.17, 15) is 17.6 Å². The van der Waals surface area contributed by atoms with E-state index in [0.29, 0.717) is 11.4 Å². The molecule has 0 atom stereocenters. The minimum atomic E-state index is -4.57. The van der Waals surface area contributed by atoms with Gasteiger partial charge in [0, 0.05) is 35.6 Å². The lowest BCUT2D eigenvalue weighted by molar-refractivity contribution is -0.141. The van der Waals surface area contributed by atoms with Crippen molar-refractivity contribution < 1.29 is 22.3 Å². The molecule has 30 heavy (non-hydrogen) atoms. The number of benzene rings is 1. The summed E-state index contributed by atoms with van der Waals surface area (Å²) in [5.74, 6) is 0.575. The lowest BCUT2D eigenvalue weighted by Gasteiger charge is -2.14. The Morgan fingerprint density at radius 3 is 2.40 bits per heavy atom. The topological polar surface area (TPSA) is 72.0 Å². The quantitative estimate of drug-likeness (QED) is 0.529. The summed E-state index contributed by atoms with van der Waals surface area (Å²) >= 11 is 0. The van der Waals surface area contributed by atoms with E-state index in [0.717, 1.165) is 12.3 Å². The molecule has 0 fully saturated rings. The number of nitrogens with zero attached hydrogens (tertiary/aromatic N) is 3. The molecule has 0 aliphatic rings. The molecule has 2 aromatic heterocycles. The van der Waals surface area contributed by atoms with E-state index in [1.807, 2.05) is 13.8 Å². The van der Waals surface area contributed by atoms with E-state index in [1.54, 1.807) is 12.1 Å². The number of hydrogen-bond donors (Lipinski definition) is 2. The number of halogens is 4. The minimum absolute atomic E-state index is 0.0282. The highest BCUT2D eigenvalue weighted by Crippen LogP contribution is 2.30. The summed E-state index contributed by atoms with van der Waals surface area (Å²) in [6.07, 6.45) is -3.52. The van der Waals surface area contributed by atoms with Crippen LogP contribution >= 0.6 is 0 Å². The highest BCUT2D eigenvalue weighted by molar-refractivity contribution is 5.66. The van der Waals surface area contributed by atoms with E-state index < -0.39 is 17.7 Å². The van der Waals surface area contributed by atoms with Crippen LogP contribution in [-0.2, 0) is 6.18 Å². The van der Waals surface area contributed by atoms with Gasteiger partial charge in [0.25, 0.3) is 0 Å². The molecule has 10 heteroatoms. The average Bonchev–Trinajstić information content (AvgIpc) is 2.66. The van der Waals surface area contributed by atoms with Crippen LogP contribution in [0, 0.1) is 5.82 Å². The summed E-state index contributed by atoms with van der Waals surface area (Å²) in [6.45, 7) is 3.80. The van der Waals surface area contributed by atoms with Crippen LogP contribution in [0.15, 0.2) is 42.6 Å². The summed E-state index contributed by atoms with van der Waals surface area (Å²) in [7, 11) is 1.41. The summed E-state index contributed by atoms with van der Waals surface area (Å²) in [5, 5.41) is 5.94. The second kappa shape index (κ2) is 8.52. The molecule has 0 spiro atoms. The van der Waals surface area contributed by atoms with Crippen molar-refractivity contribution in [3.8, 4) is 17.1 Å². The average molecular weight is 421 g/mol. The Balaban J connectivity index is 2.03. The number of methoxy groups -OCH3 is 1. The Labute approximate surface area is 170 Å². The van der Waals surface area contributed by atoms with Gasteiger partial charge in [-0.05, 0) is 38.1 Å². The first kappa shape index (κ1) is 21.3. The van der Waals surface area contributed by atoms with E-state index in [2.05, 4.69) is 25.6 Å². The molecular formula is C20H19F4N5O. The predicted molar refractivity (Wildman–Crippen MR) is 105 cm³/mol. The molecule has 0 saturated carbocycles. The normalized spacial score (nSPS) is 11.5. The molecule has 0 aliphatic carbocycles. The second-order valence-corrected chi connectivity index (χ2v) is 6.69. The standard InChI is InChI=1S/C20H19F4N5O/c1-11(2)26-17-10-18(27-14-4-5-25-16(9-14)20(22,23)24)29-19(28-17)12-6-13(21)8-15(7-12)30-3/h4-11H,1-3H3,(H2,25,26,27,28,29). The molecule has 0 saturated heterocycles. The summed E-state index contributed by atoms with van der Waals surface area (Å²) < 4.78 is 57.8. The van der Waals surface area contributed by atoms with Gasteiger partial charge in [-0.15, -0.1) is 0 Å². The first-order valence-electron chi connectivity index (χ1n) is 8.95. The molecule has 1 aromatic carbocycles. The maximum atomic E-state index is 13.9. The summed E-state index contributed by atoms with van der Waals surface area (Å²) in [6, 6.07) is 7.87. The first-order valence-corrected chi connectivity index (χ1v) is 8.95. The zero-order valence-corrected chi connectivity index (χ0v) is 16.4. The van der Waals surface area contributed by atoms with Gasteiger partial charge in [0.1, 0.15) is 28.9 Å². The van der Waals surface area contributed by atoms with E-state index in [4.69, 9.17) is 4.74 Å². The Morgan fingerprint density at radius 2 is 1.73 bits per heavy atom. The fourth-order valence-electron chi connectivity index (χ4n) is 2.63. The van der Waals surface area contributed by atoms with Gasteiger partial charge in [0.05, 0.1) is 7.11 Å². The Bertz CT molecular complexity index is 1040. The highest BCUT2D eigenvalue weighted by atomic mass is 19.4. The van der Waals surface area contributed by atoms with Crippen molar-refractivity contribution in [3.63, 3.8) is 0 Å². The molecule has 2 N–H and O–H groups in total. The Kier molecular flexibility index (Phi) is 6.04. The van der Waals surface area contributed by atoms with Crippen molar-refractivity contribution in [1.82, 2.24) is 15.0 Å². The van der Waals surface area contributed by atoms with Crippen LogP contribution in [0.5, 0.6) is 5.75 Å². The van der Waals surface area contributed by atoms with Crippen molar-refractivity contribution in [1.29, 1.82) is 0 Å². The first-order chi connectivity index (χ1) is 14.1. The van der Waals surface area contributed by atoms with Gasteiger partial charge >= 0.3 is 6.18 Å². The third-order valence-electron chi connectivity index (χ3n) is 3.85. The number of hydrogen-bond acceptors (Lipinski definition) is 6. The Morgan fingerprint density at radius 1 is 1.00 bits per heavy atom. The predicted octanol–water partition coefficient (Wildman–Crippen LogP) is 5.27.